The quantitative estimate of drug-likeness (QED) is 0.386. The van der Waals surface area contributed by atoms with Gasteiger partial charge in [-0.2, -0.15) is 13.2 Å². The van der Waals surface area contributed by atoms with Crippen LogP contribution in [0.5, 0.6) is 17.2 Å². The van der Waals surface area contributed by atoms with Gasteiger partial charge in [0.1, 0.15) is 12.4 Å². The Morgan fingerprint density at radius 3 is 2.24 bits per heavy atom. The standard InChI is InChI=1S/C28H26F3NO6/c1-35-24-14-18-11-12-32(26(33)19-5-4-6-20(13-19)28(29,30)31)23(22(18)15-25(24)36-2)16-38-21-9-7-17(8-10-21)27(34)37-3/h4-10,13-15,23H,11-12,16H2,1-3H3/t23-/m0/s1. The van der Waals surface area contributed by atoms with Crippen LogP contribution >= 0.6 is 0 Å². The van der Waals surface area contributed by atoms with Crippen molar-refractivity contribution in [3.63, 3.8) is 0 Å². The van der Waals surface area contributed by atoms with Crippen molar-refractivity contribution >= 4 is 11.9 Å². The van der Waals surface area contributed by atoms with Crippen molar-refractivity contribution < 1.29 is 41.7 Å². The number of alkyl halides is 3. The zero-order chi connectivity index (χ0) is 27.4. The number of carbonyl (C=O) groups is 2. The summed E-state index contributed by atoms with van der Waals surface area (Å²) in [6, 6.07) is 13.6. The highest BCUT2D eigenvalue weighted by atomic mass is 19.4. The second-order valence-corrected chi connectivity index (χ2v) is 8.58. The molecule has 0 aromatic heterocycles. The average molecular weight is 530 g/mol. The van der Waals surface area contributed by atoms with E-state index in [1.807, 2.05) is 6.07 Å². The Kier molecular flexibility index (Phi) is 7.80. The van der Waals surface area contributed by atoms with E-state index in [1.165, 1.54) is 38.4 Å². The first-order valence-electron chi connectivity index (χ1n) is 11.7. The van der Waals surface area contributed by atoms with E-state index in [2.05, 4.69) is 0 Å². The Labute approximate surface area is 217 Å². The highest BCUT2D eigenvalue weighted by molar-refractivity contribution is 5.95. The van der Waals surface area contributed by atoms with Crippen LogP contribution in [0.15, 0.2) is 60.7 Å². The van der Waals surface area contributed by atoms with Crippen LogP contribution in [0.2, 0.25) is 0 Å². The molecule has 0 fully saturated rings. The summed E-state index contributed by atoms with van der Waals surface area (Å²) in [7, 11) is 4.30. The number of benzene rings is 3. The molecule has 1 atom stereocenters. The number of halogens is 3. The molecule has 0 saturated heterocycles. The third-order valence-corrected chi connectivity index (χ3v) is 6.38. The van der Waals surface area contributed by atoms with Gasteiger partial charge in [0.15, 0.2) is 11.5 Å². The zero-order valence-electron chi connectivity index (χ0n) is 21.0. The monoisotopic (exact) mass is 529 g/mol. The Hall–Kier alpha value is -4.21. The van der Waals surface area contributed by atoms with E-state index in [1.54, 1.807) is 30.3 Å². The van der Waals surface area contributed by atoms with E-state index in [-0.39, 0.29) is 18.7 Å². The summed E-state index contributed by atoms with van der Waals surface area (Å²) < 4.78 is 61.5. The minimum atomic E-state index is -4.58. The number of esters is 1. The van der Waals surface area contributed by atoms with Crippen molar-refractivity contribution in [1.82, 2.24) is 4.90 Å². The molecular weight excluding hydrogens is 503 g/mol. The van der Waals surface area contributed by atoms with Gasteiger partial charge in [-0.3, -0.25) is 4.79 Å². The molecule has 0 unspecified atom stereocenters. The Morgan fingerprint density at radius 2 is 1.61 bits per heavy atom. The van der Waals surface area contributed by atoms with Gasteiger partial charge >= 0.3 is 12.1 Å². The fourth-order valence-corrected chi connectivity index (χ4v) is 4.43. The average Bonchev–Trinajstić information content (AvgIpc) is 2.94. The normalized spacial score (nSPS) is 14.9. The minimum absolute atomic E-state index is 0.00472. The Balaban J connectivity index is 1.68. The van der Waals surface area contributed by atoms with Crippen LogP contribution in [0, 0.1) is 0 Å². The van der Waals surface area contributed by atoms with E-state index in [9.17, 15) is 22.8 Å². The van der Waals surface area contributed by atoms with E-state index < -0.39 is 29.7 Å². The number of hydrogen-bond donors (Lipinski definition) is 0. The van der Waals surface area contributed by atoms with Crippen LogP contribution in [-0.4, -0.2) is 51.3 Å². The molecule has 7 nitrogen and oxygen atoms in total. The van der Waals surface area contributed by atoms with E-state index in [4.69, 9.17) is 18.9 Å². The molecule has 3 aromatic carbocycles. The van der Waals surface area contributed by atoms with E-state index >= 15 is 0 Å². The van der Waals surface area contributed by atoms with Crippen LogP contribution in [0.3, 0.4) is 0 Å². The SMILES string of the molecule is COC(=O)c1ccc(OC[C@H]2c3cc(OC)c(OC)cc3CCN2C(=O)c2cccc(C(F)(F)F)c2)cc1. The van der Waals surface area contributed by atoms with Crippen molar-refractivity contribution in [2.24, 2.45) is 0 Å². The first kappa shape index (κ1) is 26.8. The third kappa shape index (κ3) is 5.53. The van der Waals surface area contributed by atoms with Gasteiger partial charge in [0, 0.05) is 12.1 Å². The maximum Gasteiger partial charge on any atom is 0.416 e. The molecule has 0 spiro atoms. The van der Waals surface area contributed by atoms with Gasteiger partial charge in [-0.15, -0.1) is 0 Å². The molecule has 38 heavy (non-hydrogen) atoms. The molecular formula is C28H26F3NO6. The van der Waals surface area contributed by atoms with Gasteiger partial charge in [-0.05, 0) is 72.1 Å². The molecule has 0 bridgehead atoms. The van der Waals surface area contributed by atoms with Gasteiger partial charge in [-0.25, -0.2) is 4.79 Å². The second kappa shape index (κ2) is 11.0. The van der Waals surface area contributed by atoms with Crippen molar-refractivity contribution in [2.75, 3.05) is 34.5 Å². The summed E-state index contributed by atoms with van der Waals surface area (Å²) in [4.78, 5) is 26.8. The lowest BCUT2D eigenvalue weighted by atomic mass is 9.91. The lowest BCUT2D eigenvalue weighted by Gasteiger charge is -2.37. The van der Waals surface area contributed by atoms with Crippen molar-refractivity contribution in [3.8, 4) is 17.2 Å². The molecule has 1 aliphatic rings. The molecule has 1 amide bonds. The number of fused-ring (bicyclic) bond motifs is 1. The molecule has 200 valence electrons. The number of carbonyl (C=O) groups excluding carboxylic acids is 2. The first-order valence-corrected chi connectivity index (χ1v) is 11.7. The van der Waals surface area contributed by atoms with Gasteiger partial charge in [0.25, 0.3) is 5.91 Å². The van der Waals surface area contributed by atoms with Crippen LogP contribution in [0.4, 0.5) is 13.2 Å². The smallest absolute Gasteiger partial charge is 0.416 e. The van der Waals surface area contributed by atoms with E-state index in [0.29, 0.717) is 29.2 Å². The van der Waals surface area contributed by atoms with Crippen LogP contribution < -0.4 is 14.2 Å². The van der Waals surface area contributed by atoms with Crippen LogP contribution in [-0.2, 0) is 17.3 Å². The summed E-state index contributed by atoms with van der Waals surface area (Å²) in [5.74, 6) is 0.383. The zero-order valence-corrected chi connectivity index (χ0v) is 21.0. The summed E-state index contributed by atoms with van der Waals surface area (Å²) in [6.07, 6.45) is -4.11. The van der Waals surface area contributed by atoms with Gasteiger partial charge in [0.2, 0.25) is 0 Å². The molecule has 1 aliphatic heterocycles. The maximum atomic E-state index is 13.5. The van der Waals surface area contributed by atoms with E-state index in [0.717, 1.165) is 23.3 Å². The summed E-state index contributed by atoms with van der Waals surface area (Å²) in [5, 5.41) is 0. The highest BCUT2D eigenvalue weighted by Gasteiger charge is 2.35. The number of rotatable bonds is 7. The lowest BCUT2D eigenvalue weighted by Crippen LogP contribution is -2.42. The molecule has 0 N–H and O–H groups in total. The molecule has 0 aliphatic carbocycles. The predicted molar refractivity (Wildman–Crippen MR) is 132 cm³/mol. The highest BCUT2D eigenvalue weighted by Crippen LogP contribution is 2.39. The van der Waals surface area contributed by atoms with Crippen LogP contribution in [0.1, 0.15) is 43.4 Å². The first-order chi connectivity index (χ1) is 18.2. The second-order valence-electron chi connectivity index (χ2n) is 8.58. The van der Waals surface area contributed by atoms with Crippen molar-refractivity contribution in [1.29, 1.82) is 0 Å². The Bertz CT molecular complexity index is 1320. The third-order valence-electron chi connectivity index (χ3n) is 6.38. The molecule has 0 radical (unpaired) electrons. The topological polar surface area (TPSA) is 74.3 Å². The molecule has 10 heteroatoms. The number of ether oxygens (including phenoxy) is 4. The maximum absolute atomic E-state index is 13.5. The Morgan fingerprint density at radius 1 is 0.921 bits per heavy atom. The summed E-state index contributed by atoms with van der Waals surface area (Å²) in [6.45, 7) is 0.262. The molecule has 0 saturated carbocycles. The number of hydrogen-bond acceptors (Lipinski definition) is 6. The fraction of sp³-hybridized carbons (Fsp3) is 0.286. The van der Waals surface area contributed by atoms with Crippen molar-refractivity contribution in [2.45, 2.75) is 18.6 Å². The van der Waals surface area contributed by atoms with Gasteiger partial charge < -0.3 is 23.8 Å². The molecule has 3 aromatic rings. The lowest BCUT2D eigenvalue weighted by molar-refractivity contribution is -0.137. The predicted octanol–water partition coefficient (Wildman–Crippen LogP) is 5.33. The molecule has 4 rings (SSSR count). The fourth-order valence-electron chi connectivity index (χ4n) is 4.43. The summed E-state index contributed by atoms with van der Waals surface area (Å²) in [5.41, 5.74) is 1.02. The van der Waals surface area contributed by atoms with Gasteiger partial charge in [0.05, 0.1) is 38.5 Å². The minimum Gasteiger partial charge on any atom is -0.493 e. The van der Waals surface area contributed by atoms with Crippen molar-refractivity contribution in [3.05, 3.63) is 88.5 Å². The van der Waals surface area contributed by atoms with Crippen LogP contribution in [0.25, 0.3) is 0 Å². The largest absolute Gasteiger partial charge is 0.493 e. The summed E-state index contributed by atoms with van der Waals surface area (Å²) >= 11 is 0. The molecule has 1 heterocycles. The van der Waals surface area contributed by atoms with Gasteiger partial charge in [-0.1, -0.05) is 6.07 Å². The number of nitrogens with zero attached hydrogens (tertiary/aromatic N) is 1. The number of methoxy groups -OCH3 is 3. The number of amides is 1.